The second-order valence-electron chi connectivity index (χ2n) is 13.7. The molecule has 46 heavy (non-hydrogen) atoms. The van der Waals surface area contributed by atoms with Gasteiger partial charge in [-0.25, -0.2) is 9.18 Å². The number of amides is 1. The summed E-state index contributed by atoms with van der Waals surface area (Å²) in [6, 6.07) is 11.9. The average Bonchev–Trinajstić information content (AvgIpc) is 3.62. The highest BCUT2D eigenvalue weighted by Crippen LogP contribution is 2.41. The van der Waals surface area contributed by atoms with Gasteiger partial charge in [-0.05, 0) is 81.3 Å². The molecule has 1 amide bonds. The molecule has 11 heteroatoms. The number of rotatable bonds is 3. The van der Waals surface area contributed by atoms with E-state index in [0.717, 1.165) is 55.1 Å². The molecule has 5 aliphatic rings. The molecule has 2 atom stereocenters. The molecule has 9 rings (SSSR count). The number of nitrogens with one attached hydrogen (secondary N) is 1. The Bertz CT molecular complexity index is 1820. The van der Waals surface area contributed by atoms with E-state index in [-0.39, 0.29) is 35.9 Å². The first-order valence-corrected chi connectivity index (χ1v) is 16.4. The minimum absolute atomic E-state index is 0.0454. The number of carbonyl (C=O) groups is 1. The van der Waals surface area contributed by atoms with Gasteiger partial charge in [0.25, 0.3) is 0 Å². The van der Waals surface area contributed by atoms with Gasteiger partial charge in [-0.15, -0.1) is 0 Å². The van der Waals surface area contributed by atoms with Crippen LogP contribution in [-0.4, -0.2) is 87.6 Å². The highest BCUT2D eigenvalue weighted by atomic mass is 19.1. The Morgan fingerprint density at radius 2 is 1.93 bits per heavy atom. The number of nitrogens with zero attached hydrogens (tertiary/aromatic N) is 5. The number of piperidine rings is 1. The normalized spacial score (nSPS) is 24.6. The van der Waals surface area contributed by atoms with Gasteiger partial charge in [-0.3, -0.25) is 9.88 Å². The number of fused-ring (bicyclic) bond motifs is 7. The van der Waals surface area contributed by atoms with Crippen molar-refractivity contribution in [1.29, 1.82) is 0 Å². The first kappa shape index (κ1) is 29.3. The molecule has 0 spiro atoms. The first-order chi connectivity index (χ1) is 22.3. The Hall–Kier alpha value is -4.09. The molecule has 2 aromatic heterocycles. The van der Waals surface area contributed by atoms with Gasteiger partial charge >= 0.3 is 12.1 Å². The third kappa shape index (κ3) is 5.09. The van der Waals surface area contributed by atoms with Gasteiger partial charge in [-0.1, -0.05) is 36.4 Å². The maximum atomic E-state index is 16.9. The molecular formula is C35H39FN6O4. The molecule has 10 nitrogen and oxygen atoms in total. The average molecular weight is 627 g/mol. The second-order valence-corrected chi connectivity index (χ2v) is 13.7. The Morgan fingerprint density at radius 3 is 2.76 bits per heavy atom. The summed E-state index contributed by atoms with van der Waals surface area (Å²) in [7, 11) is 0. The number of pyridine rings is 1. The molecule has 7 heterocycles. The van der Waals surface area contributed by atoms with Gasteiger partial charge < -0.3 is 24.8 Å². The molecule has 1 unspecified atom stereocenters. The highest BCUT2D eigenvalue weighted by molar-refractivity contribution is 6.00. The smallest absolute Gasteiger partial charge is 0.407 e. The molecule has 6 bridgehead atoms. The summed E-state index contributed by atoms with van der Waals surface area (Å²) in [6.07, 6.45) is 6.23. The fourth-order valence-corrected chi connectivity index (χ4v) is 8.35. The minimum Gasteiger partial charge on any atom is -0.461 e. The number of carbonyl (C=O) groups excluding carboxylic acids is 1. The van der Waals surface area contributed by atoms with E-state index in [1.807, 2.05) is 48.2 Å². The summed E-state index contributed by atoms with van der Waals surface area (Å²) in [6.45, 7) is 5.20. The number of hydrogen-bond acceptors (Lipinski definition) is 9. The number of halogens is 1. The van der Waals surface area contributed by atoms with E-state index in [9.17, 15) is 9.90 Å². The highest BCUT2D eigenvalue weighted by Gasteiger charge is 2.45. The Labute approximate surface area is 266 Å². The Kier molecular flexibility index (Phi) is 7.21. The number of hydrogen-bond donors (Lipinski definition) is 2. The maximum absolute atomic E-state index is 16.9. The molecule has 3 saturated heterocycles. The number of aliphatic hydroxyl groups excluding tert-OH is 1. The second kappa shape index (κ2) is 11.3. The molecule has 5 aliphatic heterocycles. The van der Waals surface area contributed by atoms with Crippen LogP contribution in [-0.2, 0) is 11.2 Å². The molecule has 2 aromatic carbocycles. The molecular weight excluding hydrogens is 587 g/mol. The van der Waals surface area contributed by atoms with Crippen LogP contribution in [0.3, 0.4) is 0 Å². The molecule has 3 fully saturated rings. The lowest BCUT2D eigenvalue weighted by atomic mass is 9.89. The van der Waals surface area contributed by atoms with Crippen LogP contribution in [0.4, 0.5) is 15.0 Å². The van der Waals surface area contributed by atoms with Gasteiger partial charge in [0.15, 0.2) is 5.82 Å². The van der Waals surface area contributed by atoms with Crippen LogP contribution in [0.1, 0.15) is 51.0 Å². The maximum Gasteiger partial charge on any atom is 0.407 e. The third-order valence-electron chi connectivity index (χ3n) is 10.4. The van der Waals surface area contributed by atoms with Crippen molar-refractivity contribution in [3.8, 4) is 17.3 Å². The third-order valence-corrected chi connectivity index (χ3v) is 10.4. The fraction of sp³-hybridized carbons (Fsp3) is 0.486. The fourth-order valence-electron chi connectivity index (χ4n) is 8.35. The van der Waals surface area contributed by atoms with Crippen molar-refractivity contribution in [3.63, 3.8) is 0 Å². The summed E-state index contributed by atoms with van der Waals surface area (Å²) >= 11 is 0. The van der Waals surface area contributed by atoms with Crippen molar-refractivity contribution in [3.05, 3.63) is 54.0 Å². The summed E-state index contributed by atoms with van der Waals surface area (Å²) in [5, 5.41) is 16.3. The Balaban J connectivity index is 1.30. The van der Waals surface area contributed by atoms with Crippen molar-refractivity contribution in [2.75, 3.05) is 44.3 Å². The van der Waals surface area contributed by atoms with E-state index in [0.29, 0.717) is 49.2 Å². The minimum atomic E-state index is -0.831. The predicted molar refractivity (Wildman–Crippen MR) is 173 cm³/mol. The lowest BCUT2D eigenvalue weighted by molar-refractivity contribution is 0.0913. The lowest BCUT2D eigenvalue weighted by Crippen LogP contribution is -2.61. The molecule has 240 valence electrons. The van der Waals surface area contributed by atoms with Crippen LogP contribution in [0, 0.1) is 5.82 Å². The van der Waals surface area contributed by atoms with Crippen molar-refractivity contribution in [1.82, 2.24) is 25.2 Å². The van der Waals surface area contributed by atoms with Crippen LogP contribution in [0.25, 0.3) is 32.9 Å². The van der Waals surface area contributed by atoms with E-state index >= 15 is 4.39 Å². The van der Waals surface area contributed by atoms with Crippen molar-refractivity contribution >= 4 is 33.6 Å². The van der Waals surface area contributed by atoms with Crippen LogP contribution in [0.5, 0.6) is 6.01 Å². The van der Waals surface area contributed by atoms with Crippen LogP contribution in [0.2, 0.25) is 0 Å². The zero-order chi connectivity index (χ0) is 31.5. The molecule has 0 aliphatic carbocycles. The van der Waals surface area contributed by atoms with Crippen molar-refractivity contribution in [2.45, 2.75) is 69.1 Å². The molecule has 0 saturated carbocycles. The zero-order valence-corrected chi connectivity index (χ0v) is 26.1. The largest absolute Gasteiger partial charge is 0.461 e. The van der Waals surface area contributed by atoms with Crippen molar-refractivity contribution in [2.24, 2.45) is 0 Å². The quantitative estimate of drug-likeness (QED) is 0.325. The number of aliphatic hydroxyl groups is 1. The summed E-state index contributed by atoms with van der Waals surface area (Å²) in [5.74, 6) is -0.135. The number of alkyl carbamates (subject to hydrolysis) is 1. The molecule has 2 N–H and O–H groups in total. The molecule has 4 aromatic rings. The number of ether oxygens (including phenoxy) is 2. The standard InChI is InChI=1S/C35H39FN6O4/c1-34-17-24(43)19-41(20-34)31-26-18-37-29(25-11-3-9-22-7-2-8-23(27(22)25)10-4-16-45-33(44)40-34)28(36)30(26)38-32(39-31)46-21-35-12-5-14-42(35)15-6-13-35/h2-3,7-9,11,18,24,43H,4-6,10,12-17,19-21H2,1H3,(H,40,44)/t24?,34-/m1/s1. The van der Waals surface area contributed by atoms with Crippen LogP contribution >= 0.6 is 0 Å². The van der Waals surface area contributed by atoms with E-state index in [2.05, 4.69) is 10.2 Å². The van der Waals surface area contributed by atoms with Gasteiger partial charge in [0.05, 0.1) is 29.2 Å². The number of aromatic nitrogens is 3. The molecule has 0 radical (unpaired) electrons. The number of anilines is 1. The summed E-state index contributed by atoms with van der Waals surface area (Å²) in [5.41, 5.74) is 1.14. The summed E-state index contributed by atoms with van der Waals surface area (Å²) < 4.78 is 28.9. The van der Waals surface area contributed by atoms with E-state index in [4.69, 9.17) is 24.4 Å². The predicted octanol–water partition coefficient (Wildman–Crippen LogP) is 4.99. The van der Waals surface area contributed by atoms with Gasteiger partial charge in [-0.2, -0.15) is 9.97 Å². The van der Waals surface area contributed by atoms with Gasteiger partial charge in [0.2, 0.25) is 0 Å². The monoisotopic (exact) mass is 626 g/mol. The first-order valence-electron chi connectivity index (χ1n) is 16.4. The summed E-state index contributed by atoms with van der Waals surface area (Å²) in [4.78, 5) is 31.6. The van der Waals surface area contributed by atoms with E-state index in [1.54, 1.807) is 6.20 Å². The number of benzene rings is 2. The van der Waals surface area contributed by atoms with Gasteiger partial charge in [0.1, 0.15) is 23.6 Å². The van der Waals surface area contributed by atoms with Crippen molar-refractivity contribution < 1.29 is 23.8 Å². The Morgan fingerprint density at radius 1 is 1.13 bits per heavy atom. The van der Waals surface area contributed by atoms with Gasteiger partial charge in [0, 0.05) is 24.8 Å². The van der Waals surface area contributed by atoms with Crippen LogP contribution < -0.4 is 15.0 Å². The lowest BCUT2D eigenvalue weighted by Gasteiger charge is -2.43. The zero-order valence-electron chi connectivity index (χ0n) is 26.1. The van der Waals surface area contributed by atoms with E-state index < -0.39 is 23.6 Å². The SMILES string of the molecule is C[C@@]12CC(O)CN(C1)c1nc(OCC34CCCN3CCC4)nc3c(F)c(ncc13)-c1cccc3cccc(c13)CCCOC(=O)N2. The van der Waals surface area contributed by atoms with E-state index in [1.165, 1.54) is 0 Å². The topological polar surface area (TPSA) is 113 Å². The van der Waals surface area contributed by atoms with Crippen LogP contribution in [0.15, 0.2) is 42.6 Å². The number of aryl methyl sites for hydroxylation is 1.